The monoisotopic (exact) mass is 727 g/mol. The topological polar surface area (TPSA) is 51.8 Å². The summed E-state index contributed by atoms with van der Waals surface area (Å²) in [6, 6.07) is 38.9. The SMILES string of the molecule is [B]c1c([B])c([B])c(-c2nc(-c3c([B])c([B])c([B])c([B])c3[B])nc(-c3cccc4oc5ccc(-c6ccc(-c7ccc(-c8ccccc8)cc7)cc6)cc5c34)n2)c([B])c1[B]. The van der Waals surface area contributed by atoms with Crippen LogP contribution in [0.4, 0.5) is 0 Å². The van der Waals surface area contributed by atoms with Gasteiger partial charge in [0.25, 0.3) is 0 Å². The van der Waals surface area contributed by atoms with Gasteiger partial charge in [0.05, 0.1) is 0 Å². The van der Waals surface area contributed by atoms with Crippen molar-refractivity contribution in [1.82, 2.24) is 15.0 Å². The molecule has 0 aliphatic rings. The van der Waals surface area contributed by atoms with Crippen LogP contribution in [0.15, 0.2) is 120 Å². The standard InChI is InChI=1S/C45H19B10N3O/c46-33-31(34(47)38(51)41(54)37(33)50)44-56-43(57-45(58-44)32-35(48)39(52)42(55)40(53)36(32)49)26-7-4-8-29-30(26)27-19-25(17-18-28(27)59-29)24-15-13-23(14-16-24)22-11-9-21(10-12-22)20-5-2-1-3-6-20/h1-19H. The molecule has 4 nitrogen and oxygen atoms in total. The maximum atomic E-state index is 6.52. The van der Waals surface area contributed by atoms with Crippen LogP contribution >= 0.6 is 0 Å². The molecule has 9 rings (SSSR count). The Morgan fingerprint density at radius 1 is 0.322 bits per heavy atom. The third-order valence-electron chi connectivity index (χ3n) is 10.8. The van der Waals surface area contributed by atoms with E-state index in [4.69, 9.17) is 97.8 Å². The van der Waals surface area contributed by atoms with E-state index in [1.165, 1.54) is 5.56 Å². The highest BCUT2D eigenvalue weighted by Crippen LogP contribution is 2.38. The summed E-state index contributed by atoms with van der Waals surface area (Å²) in [5.74, 6) is 0.199. The first-order valence-electron chi connectivity index (χ1n) is 18.4. The molecular weight excluding hydrogens is 707 g/mol. The average molecular weight is 726 g/mol. The molecule has 0 amide bonds. The van der Waals surface area contributed by atoms with Gasteiger partial charge in [-0.25, -0.2) is 15.0 Å². The van der Waals surface area contributed by atoms with Gasteiger partial charge in [0.15, 0.2) is 17.5 Å². The van der Waals surface area contributed by atoms with Crippen LogP contribution in [0.25, 0.3) is 89.5 Å². The molecule has 7 aromatic carbocycles. The van der Waals surface area contributed by atoms with E-state index in [1.807, 2.05) is 48.5 Å². The highest BCUT2D eigenvalue weighted by Gasteiger charge is 2.23. The van der Waals surface area contributed by atoms with E-state index in [9.17, 15) is 0 Å². The van der Waals surface area contributed by atoms with Crippen molar-refractivity contribution in [1.29, 1.82) is 0 Å². The van der Waals surface area contributed by atoms with E-state index in [-0.39, 0.29) is 83.2 Å². The normalized spacial score (nSPS) is 11.4. The molecule has 59 heavy (non-hydrogen) atoms. The van der Waals surface area contributed by atoms with Gasteiger partial charge < -0.3 is 4.42 Å². The molecule has 0 fully saturated rings. The number of hydrogen-bond donors (Lipinski definition) is 0. The van der Waals surface area contributed by atoms with Crippen molar-refractivity contribution in [2.75, 3.05) is 0 Å². The van der Waals surface area contributed by atoms with Gasteiger partial charge in [0.2, 0.25) is 0 Å². The number of rotatable bonds is 6. The van der Waals surface area contributed by atoms with Crippen molar-refractivity contribution in [2.45, 2.75) is 0 Å². The molecule has 0 atom stereocenters. The lowest BCUT2D eigenvalue weighted by atomic mass is 9.60. The van der Waals surface area contributed by atoms with E-state index in [2.05, 4.69) is 66.7 Å². The lowest BCUT2D eigenvalue weighted by molar-refractivity contribution is 0.669. The van der Waals surface area contributed by atoms with E-state index < -0.39 is 0 Å². The van der Waals surface area contributed by atoms with Gasteiger partial charge in [-0.15, -0.1) is 32.8 Å². The minimum absolute atomic E-state index is 0.00598. The molecule has 2 heterocycles. The van der Waals surface area contributed by atoms with Crippen molar-refractivity contribution in [3.8, 4) is 67.5 Å². The predicted octanol–water partition coefficient (Wildman–Crippen LogP) is -0.289. The quantitative estimate of drug-likeness (QED) is 0.222. The minimum atomic E-state index is 0.00598. The van der Waals surface area contributed by atoms with E-state index >= 15 is 0 Å². The third kappa shape index (κ3) is 6.54. The van der Waals surface area contributed by atoms with Gasteiger partial charge in [-0.3, -0.25) is 0 Å². The van der Waals surface area contributed by atoms with Crippen LogP contribution in [-0.2, 0) is 0 Å². The molecule has 0 unspecified atom stereocenters. The Bertz CT molecular complexity index is 3010. The van der Waals surface area contributed by atoms with Gasteiger partial charge in [-0.1, -0.05) is 119 Å². The van der Waals surface area contributed by atoms with Gasteiger partial charge in [0, 0.05) is 27.5 Å². The average Bonchev–Trinajstić information content (AvgIpc) is 3.65. The summed E-state index contributed by atoms with van der Waals surface area (Å²) in [4.78, 5) is 14.5. The third-order valence-corrected chi connectivity index (χ3v) is 10.8. The Kier molecular flexibility index (Phi) is 9.78. The predicted molar refractivity (Wildman–Crippen MR) is 254 cm³/mol. The molecule has 0 aliphatic carbocycles. The molecule has 14 heteroatoms. The van der Waals surface area contributed by atoms with E-state index in [0.29, 0.717) is 16.7 Å². The molecule has 9 aromatic rings. The van der Waals surface area contributed by atoms with Crippen molar-refractivity contribution < 1.29 is 4.42 Å². The zero-order valence-corrected chi connectivity index (χ0v) is 31.5. The lowest BCUT2D eigenvalue weighted by Crippen LogP contribution is -2.55. The van der Waals surface area contributed by atoms with Crippen molar-refractivity contribution >= 4 is 155 Å². The first-order chi connectivity index (χ1) is 28.4. The fourth-order valence-corrected chi connectivity index (χ4v) is 7.43. The smallest absolute Gasteiger partial charge is 0.164 e. The van der Waals surface area contributed by atoms with Crippen LogP contribution < -0.4 is 54.6 Å². The second-order valence-corrected chi connectivity index (χ2v) is 14.2. The highest BCUT2D eigenvalue weighted by atomic mass is 16.3. The van der Waals surface area contributed by atoms with Gasteiger partial charge >= 0.3 is 0 Å². The number of fused-ring (bicyclic) bond motifs is 3. The van der Waals surface area contributed by atoms with Crippen molar-refractivity contribution in [3.63, 3.8) is 0 Å². The van der Waals surface area contributed by atoms with Crippen LogP contribution in [0.3, 0.4) is 0 Å². The fraction of sp³-hybridized carbons (Fsp3) is 0. The van der Waals surface area contributed by atoms with Gasteiger partial charge in [-0.2, -0.15) is 0 Å². The van der Waals surface area contributed by atoms with Crippen LogP contribution in [0, 0.1) is 0 Å². The Morgan fingerprint density at radius 3 is 1.19 bits per heavy atom. The first kappa shape index (κ1) is 38.5. The first-order valence-corrected chi connectivity index (χ1v) is 18.4. The molecular formula is C45H19B10N3O. The Hall–Kier alpha value is -6.00. The Labute approximate surface area is 355 Å². The number of hydrogen-bond acceptors (Lipinski definition) is 4. The second-order valence-electron chi connectivity index (χ2n) is 14.2. The maximum Gasteiger partial charge on any atom is 0.164 e. The molecule has 0 N–H and O–H groups in total. The molecule has 0 aliphatic heterocycles. The van der Waals surface area contributed by atoms with Crippen LogP contribution in [0.1, 0.15) is 0 Å². The zero-order chi connectivity index (χ0) is 41.3. The summed E-state index contributed by atoms with van der Waals surface area (Å²) >= 11 is 0. The van der Waals surface area contributed by atoms with Crippen molar-refractivity contribution in [3.05, 3.63) is 115 Å². The lowest BCUT2D eigenvalue weighted by Gasteiger charge is -2.22. The number of aromatic nitrogens is 3. The molecule has 0 spiro atoms. The zero-order valence-electron chi connectivity index (χ0n) is 31.5. The molecule has 20 radical (unpaired) electrons. The van der Waals surface area contributed by atoms with Crippen LogP contribution in [0.2, 0.25) is 0 Å². The van der Waals surface area contributed by atoms with Gasteiger partial charge in [-0.05, 0) is 51.6 Å². The number of nitrogens with zero attached hydrogens (tertiary/aromatic N) is 3. The number of benzene rings is 7. The van der Waals surface area contributed by atoms with E-state index in [1.54, 1.807) is 0 Å². The molecule has 250 valence electrons. The highest BCUT2D eigenvalue weighted by molar-refractivity contribution is 6.69. The Balaban J connectivity index is 1.19. The second kappa shape index (κ2) is 15.0. The van der Waals surface area contributed by atoms with E-state index in [0.717, 1.165) is 38.6 Å². The minimum Gasteiger partial charge on any atom is -0.456 e. The van der Waals surface area contributed by atoms with Crippen molar-refractivity contribution in [2.24, 2.45) is 0 Å². The summed E-state index contributed by atoms with van der Waals surface area (Å²) in [6.45, 7) is 0. The summed E-state index contributed by atoms with van der Waals surface area (Å²) in [5, 5.41) is 1.55. The molecule has 2 aromatic heterocycles. The number of furan rings is 1. The maximum absolute atomic E-state index is 6.52. The molecule has 0 bridgehead atoms. The summed E-state index contributed by atoms with van der Waals surface area (Å²) < 4.78 is 6.37. The largest absolute Gasteiger partial charge is 0.456 e. The van der Waals surface area contributed by atoms with Crippen LogP contribution in [0.5, 0.6) is 0 Å². The Morgan fingerprint density at radius 2 is 0.712 bits per heavy atom. The molecule has 0 saturated carbocycles. The fourth-order valence-electron chi connectivity index (χ4n) is 7.43. The van der Waals surface area contributed by atoms with Crippen LogP contribution in [-0.4, -0.2) is 93.4 Å². The summed E-state index contributed by atoms with van der Waals surface area (Å²) in [6.07, 6.45) is 0. The van der Waals surface area contributed by atoms with Gasteiger partial charge in [0.1, 0.15) is 89.6 Å². The summed E-state index contributed by atoms with van der Waals surface area (Å²) in [5.41, 5.74) is 8.82. The summed E-state index contributed by atoms with van der Waals surface area (Å²) in [7, 11) is 63.5. The molecule has 0 saturated heterocycles.